The smallest absolute Gasteiger partial charge is 0.343 e. The largest absolute Gasteiger partial charge is 0.425 e. The van der Waals surface area contributed by atoms with E-state index >= 15 is 0 Å². The summed E-state index contributed by atoms with van der Waals surface area (Å²) in [5, 5.41) is 58.3. The van der Waals surface area contributed by atoms with Gasteiger partial charge in [-0.15, -0.1) is 0 Å². The van der Waals surface area contributed by atoms with Crippen molar-refractivity contribution in [1.82, 2.24) is 0 Å². The van der Waals surface area contributed by atoms with Crippen LogP contribution >= 0.6 is 0 Å². The number of benzene rings is 1. The number of hydrogen-bond donors (Lipinski definition) is 6. The second-order valence-corrected chi connectivity index (χ2v) is 10.0. The summed E-state index contributed by atoms with van der Waals surface area (Å²) in [4.78, 5) is 12.2. The van der Waals surface area contributed by atoms with E-state index in [2.05, 4.69) is 6.92 Å². The second-order valence-electron chi connectivity index (χ2n) is 10.0. The van der Waals surface area contributed by atoms with Crippen molar-refractivity contribution in [3.05, 3.63) is 29.3 Å². The van der Waals surface area contributed by atoms with Gasteiger partial charge in [0.1, 0.15) is 24.1 Å². The van der Waals surface area contributed by atoms with E-state index in [4.69, 9.17) is 9.84 Å². The van der Waals surface area contributed by atoms with Crippen LogP contribution in [-0.4, -0.2) is 73.7 Å². The van der Waals surface area contributed by atoms with Crippen molar-refractivity contribution >= 4 is 5.97 Å². The zero-order valence-corrected chi connectivity index (χ0v) is 18.3. The van der Waals surface area contributed by atoms with E-state index in [1.165, 1.54) is 5.56 Å². The number of esters is 1. The zero-order chi connectivity index (χ0) is 23.2. The average Bonchev–Trinajstić information content (AvgIpc) is 3.11. The first-order valence-corrected chi connectivity index (χ1v) is 11.5. The molecule has 32 heavy (non-hydrogen) atoms. The first-order chi connectivity index (χ1) is 15.2. The van der Waals surface area contributed by atoms with Crippen LogP contribution < -0.4 is 4.74 Å². The Bertz CT molecular complexity index is 843. The van der Waals surface area contributed by atoms with Crippen LogP contribution in [0.15, 0.2) is 18.2 Å². The minimum Gasteiger partial charge on any atom is -0.425 e. The molecule has 0 aromatic heterocycles. The number of aryl methyl sites for hydroxylation is 1. The average molecular weight is 451 g/mol. The molecule has 8 heteroatoms. The minimum absolute atomic E-state index is 0.0132. The van der Waals surface area contributed by atoms with Crippen molar-refractivity contribution < 1.29 is 40.2 Å². The Balaban J connectivity index is 1.45. The summed E-state index contributed by atoms with van der Waals surface area (Å²) < 4.78 is 5.23. The van der Waals surface area contributed by atoms with Crippen molar-refractivity contribution in [3.63, 3.8) is 0 Å². The molecule has 3 aliphatic carbocycles. The molecule has 178 valence electrons. The van der Waals surface area contributed by atoms with Gasteiger partial charge in [-0.3, -0.25) is 0 Å². The van der Waals surface area contributed by atoms with E-state index in [-0.39, 0.29) is 17.3 Å². The molecule has 9 atom stereocenters. The number of carbonyl (C=O) groups excluding carboxylic acids is 1. The van der Waals surface area contributed by atoms with Gasteiger partial charge in [0.2, 0.25) is 0 Å². The third-order valence-corrected chi connectivity index (χ3v) is 8.36. The van der Waals surface area contributed by atoms with E-state index in [1.807, 2.05) is 6.07 Å². The monoisotopic (exact) mass is 450 g/mol. The Morgan fingerprint density at radius 2 is 1.88 bits per heavy atom. The third-order valence-electron chi connectivity index (χ3n) is 8.36. The summed E-state index contributed by atoms with van der Waals surface area (Å²) in [6, 6.07) is 5.43. The normalized spacial score (nSPS) is 35.1. The molecule has 4 rings (SSSR count). The summed E-state index contributed by atoms with van der Waals surface area (Å²) in [5.41, 5.74) is 2.37. The van der Waals surface area contributed by atoms with Gasteiger partial charge in [-0.1, -0.05) is 13.0 Å². The van der Waals surface area contributed by atoms with Crippen molar-refractivity contribution in [2.75, 3.05) is 6.61 Å². The van der Waals surface area contributed by atoms with E-state index in [0.717, 1.165) is 44.1 Å². The molecule has 0 heterocycles. The second kappa shape index (κ2) is 9.00. The number of aliphatic hydroxyl groups excluding tert-OH is 6. The van der Waals surface area contributed by atoms with E-state index in [0.29, 0.717) is 17.8 Å². The van der Waals surface area contributed by atoms with Crippen LogP contribution in [0.3, 0.4) is 0 Å². The van der Waals surface area contributed by atoms with Crippen LogP contribution in [0.4, 0.5) is 0 Å². The number of rotatable bonds is 6. The molecule has 1 aromatic rings. The molecule has 0 saturated heterocycles. The van der Waals surface area contributed by atoms with Gasteiger partial charge in [-0.05, 0) is 85.0 Å². The Morgan fingerprint density at radius 3 is 2.59 bits per heavy atom. The molecule has 2 fully saturated rings. The maximum atomic E-state index is 12.2. The lowest BCUT2D eigenvalue weighted by atomic mass is 9.55. The Morgan fingerprint density at radius 1 is 1.12 bits per heavy atom. The quantitative estimate of drug-likeness (QED) is 0.267. The van der Waals surface area contributed by atoms with Gasteiger partial charge in [0.05, 0.1) is 12.7 Å². The maximum absolute atomic E-state index is 12.2. The van der Waals surface area contributed by atoms with Gasteiger partial charge in [0.25, 0.3) is 0 Å². The minimum atomic E-state index is -2.07. The number of hydrogen-bond acceptors (Lipinski definition) is 8. The molecular formula is C24H34O8. The molecule has 6 N–H and O–H groups in total. The first-order valence-electron chi connectivity index (χ1n) is 11.5. The van der Waals surface area contributed by atoms with Gasteiger partial charge >= 0.3 is 5.97 Å². The number of ether oxygens (including phenoxy) is 1. The summed E-state index contributed by atoms with van der Waals surface area (Å²) in [5.74, 6) is 0.591. The topological polar surface area (TPSA) is 148 Å². The van der Waals surface area contributed by atoms with Crippen LogP contribution in [0.5, 0.6) is 5.75 Å². The molecule has 3 aliphatic rings. The molecule has 0 spiro atoms. The molecule has 0 aliphatic heterocycles. The highest BCUT2D eigenvalue weighted by molar-refractivity contribution is 5.77. The molecular weight excluding hydrogens is 416 g/mol. The van der Waals surface area contributed by atoms with Crippen molar-refractivity contribution in [2.24, 2.45) is 17.3 Å². The SMILES string of the molecule is C[C@]12CC[C@@H]3c4ccc(OC(=O)[C@H](O)[C@@H](O)[C@H](O)[C@H](O)CO)cc4CC[C@H]3[C@@H]1CCC2O. The molecule has 0 bridgehead atoms. The van der Waals surface area contributed by atoms with Crippen LogP contribution in [0.2, 0.25) is 0 Å². The molecule has 8 nitrogen and oxygen atoms in total. The van der Waals surface area contributed by atoms with Gasteiger partial charge in [0, 0.05) is 0 Å². The van der Waals surface area contributed by atoms with Crippen LogP contribution in [0.25, 0.3) is 0 Å². The molecule has 2 saturated carbocycles. The molecule has 0 amide bonds. The molecule has 1 unspecified atom stereocenters. The highest BCUT2D eigenvalue weighted by atomic mass is 16.6. The van der Waals surface area contributed by atoms with E-state index in [1.54, 1.807) is 12.1 Å². The lowest BCUT2D eigenvalue weighted by Gasteiger charge is -2.50. The summed E-state index contributed by atoms with van der Waals surface area (Å²) in [6.45, 7) is 1.41. The predicted octanol–water partition coefficient (Wildman–Crippen LogP) is 0.245. The fourth-order valence-electron chi connectivity index (χ4n) is 6.43. The Labute approximate surface area is 187 Å². The lowest BCUT2D eigenvalue weighted by molar-refractivity contribution is -0.161. The van der Waals surface area contributed by atoms with Gasteiger partial charge < -0.3 is 35.4 Å². The summed E-state index contributed by atoms with van der Waals surface area (Å²) in [7, 11) is 0. The fraction of sp³-hybridized carbons (Fsp3) is 0.708. The maximum Gasteiger partial charge on any atom is 0.343 e. The molecule has 0 radical (unpaired) electrons. The van der Waals surface area contributed by atoms with E-state index < -0.39 is 37.0 Å². The third kappa shape index (κ3) is 3.97. The predicted molar refractivity (Wildman–Crippen MR) is 114 cm³/mol. The summed E-state index contributed by atoms with van der Waals surface area (Å²) in [6.07, 6.45) is -2.03. The lowest BCUT2D eigenvalue weighted by Crippen LogP contribution is -2.49. The Hall–Kier alpha value is -1.55. The number of aliphatic hydroxyl groups is 6. The van der Waals surface area contributed by atoms with Crippen LogP contribution in [-0.2, 0) is 11.2 Å². The zero-order valence-electron chi connectivity index (χ0n) is 18.3. The van der Waals surface area contributed by atoms with Gasteiger partial charge in [-0.2, -0.15) is 0 Å². The Kier molecular flexibility index (Phi) is 6.64. The fourth-order valence-corrected chi connectivity index (χ4v) is 6.43. The van der Waals surface area contributed by atoms with Crippen molar-refractivity contribution in [2.45, 2.75) is 81.9 Å². The number of carbonyl (C=O) groups is 1. The highest BCUT2D eigenvalue weighted by Gasteiger charge is 2.54. The standard InChI is InChI=1S/C24H34O8/c1-24-9-8-15-14-5-3-13(32-23(31)22(30)21(29)20(28)18(26)11-25)10-12(14)2-4-16(15)17(24)6-7-19(24)27/h3,5,10,15-22,25-30H,2,4,6-9,11H2,1H3/t15-,16-,17+,18-,19?,20-,21+,22-,24+/m1/s1. The van der Waals surface area contributed by atoms with Gasteiger partial charge in [0.15, 0.2) is 6.10 Å². The first kappa shape index (κ1) is 23.6. The highest BCUT2D eigenvalue weighted by Crippen LogP contribution is 2.60. The summed E-state index contributed by atoms with van der Waals surface area (Å²) >= 11 is 0. The van der Waals surface area contributed by atoms with Gasteiger partial charge in [-0.25, -0.2) is 4.79 Å². The van der Waals surface area contributed by atoms with E-state index in [9.17, 15) is 30.3 Å². The van der Waals surface area contributed by atoms with Crippen LogP contribution in [0, 0.1) is 17.3 Å². The van der Waals surface area contributed by atoms with Crippen molar-refractivity contribution in [3.8, 4) is 5.75 Å². The van der Waals surface area contributed by atoms with Crippen molar-refractivity contribution in [1.29, 1.82) is 0 Å². The number of fused-ring (bicyclic) bond motifs is 5. The van der Waals surface area contributed by atoms with Crippen LogP contribution in [0.1, 0.15) is 56.1 Å². The molecule has 1 aromatic carbocycles.